The molecule has 1 aliphatic heterocycles. The van der Waals surface area contributed by atoms with E-state index in [1.807, 2.05) is 24.3 Å². The van der Waals surface area contributed by atoms with Crippen LogP contribution in [0.2, 0.25) is 0 Å². The van der Waals surface area contributed by atoms with Crippen LogP contribution < -0.4 is 15.0 Å². The molecule has 1 saturated heterocycles. The number of halogens is 2. The third kappa shape index (κ3) is 4.98. The predicted octanol–water partition coefficient (Wildman–Crippen LogP) is 2.97. The first-order chi connectivity index (χ1) is 13.5. The highest BCUT2D eigenvalue weighted by Crippen LogP contribution is 2.21. The predicted molar refractivity (Wildman–Crippen MR) is 105 cm³/mol. The van der Waals surface area contributed by atoms with Gasteiger partial charge in [-0.25, -0.2) is 8.78 Å². The van der Waals surface area contributed by atoms with Crippen LogP contribution in [0.25, 0.3) is 0 Å². The zero-order valence-corrected chi connectivity index (χ0v) is 16.1. The molecule has 150 valence electrons. The van der Waals surface area contributed by atoms with Gasteiger partial charge in [-0.05, 0) is 37.3 Å². The average molecular weight is 389 g/mol. The van der Waals surface area contributed by atoms with Crippen molar-refractivity contribution in [2.45, 2.75) is 13.0 Å². The monoisotopic (exact) mass is 389 g/mol. The number of amides is 1. The summed E-state index contributed by atoms with van der Waals surface area (Å²) in [7, 11) is 1.64. The largest absolute Gasteiger partial charge is 0.497 e. The van der Waals surface area contributed by atoms with Crippen molar-refractivity contribution >= 4 is 11.6 Å². The maximum Gasteiger partial charge on any atom is 0.234 e. The molecule has 1 N–H and O–H groups in total. The van der Waals surface area contributed by atoms with Gasteiger partial charge in [0.05, 0.1) is 19.7 Å². The summed E-state index contributed by atoms with van der Waals surface area (Å²) in [6.45, 7) is 5.11. The molecule has 3 rings (SSSR count). The molecule has 1 fully saturated rings. The molecule has 0 radical (unpaired) electrons. The van der Waals surface area contributed by atoms with Crippen LogP contribution in [0.3, 0.4) is 0 Å². The highest BCUT2D eigenvalue weighted by atomic mass is 19.1. The molecule has 2 aromatic carbocycles. The second kappa shape index (κ2) is 9.01. The van der Waals surface area contributed by atoms with E-state index in [4.69, 9.17) is 4.74 Å². The molecule has 0 unspecified atom stereocenters. The van der Waals surface area contributed by atoms with E-state index in [1.165, 1.54) is 12.1 Å². The smallest absolute Gasteiger partial charge is 0.234 e. The van der Waals surface area contributed by atoms with E-state index in [-0.39, 0.29) is 18.0 Å². The van der Waals surface area contributed by atoms with Gasteiger partial charge in [0.1, 0.15) is 17.4 Å². The maximum absolute atomic E-state index is 13.8. The zero-order valence-electron chi connectivity index (χ0n) is 16.1. The molecule has 0 bridgehead atoms. The number of benzene rings is 2. The van der Waals surface area contributed by atoms with Crippen LogP contribution in [0.5, 0.6) is 5.75 Å². The number of nitrogens with zero attached hydrogens (tertiary/aromatic N) is 2. The Bertz CT molecular complexity index is 806. The number of hydrogen-bond acceptors (Lipinski definition) is 4. The van der Waals surface area contributed by atoms with Crippen molar-refractivity contribution in [3.8, 4) is 5.75 Å². The first-order valence-corrected chi connectivity index (χ1v) is 9.32. The Hall–Kier alpha value is -2.67. The number of methoxy groups -OCH3 is 1. The lowest BCUT2D eigenvalue weighted by Crippen LogP contribution is -2.49. The standard InChI is InChI=1S/C21H25F2N3O2/c1-15(19-8-3-16(22)13-20(19)23)24-21(27)14-25-9-11-26(12-10-25)17-4-6-18(28-2)7-5-17/h3-8,13,15H,9-12,14H2,1-2H3,(H,24,27)/t15-/m0/s1. The SMILES string of the molecule is COc1ccc(N2CCN(CC(=O)N[C@@H](C)c3ccc(F)cc3F)CC2)cc1. The van der Waals surface area contributed by atoms with Gasteiger partial charge in [0.2, 0.25) is 5.91 Å². The van der Waals surface area contributed by atoms with Gasteiger partial charge in [0.25, 0.3) is 0 Å². The summed E-state index contributed by atoms with van der Waals surface area (Å²) in [5.41, 5.74) is 1.41. The van der Waals surface area contributed by atoms with E-state index >= 15 is 0 Å². The van der Waals surface area contributed by atoms with Crippen molar-refractivity contribution < 1.29 is 18.3 Å². The summed E-state index contributed by atoms with van der Waals surface area (Å²) >= 11 is 0. The van der Waals surface area contributed by atoms with Crippen LogP contribution >= 0.6 is 0 Å². The molecule has 1 heterocycles. The van der Waals surface area contributed by atoms with Gasteiger partial charge in [-0.3, -0.25) is 9.69 Å². The number of carbonyl (C=O) groups excluding carboxylic acids is 1. The lowest BCUT2D eigenvalue weighted by atomic mass is 10.1. The van der Waals surface area contributed by atoms with Crippen LogP contribution in [-0.2, 0) is 4.79 Å². The molecule has 1 aliphatic rings. The van der Waals surface area contributed by atoms with Crippen LogP contribution in [0, 0.1) is 11.6 Å². The Kier molecular flexibility index (Phi) is 6.46. The maximum atomic E-state index is 13.8. The molecule has 0 spiro atoms. The van der Waals surface area contributed by atoms with Crippen molar-refractivity contribution in [2.24, 2.45) is 0 Å². The summed E-state index contributed by atoms with van der Waals surface area (Å²) in [5, 5.41) is 2.79. The normalized spacial score (nSPS) is 15.9. The van der Waals surface area contributed by atoms with Crippen LogP contribution in [0.15, 0.2) is 42.5 Å². The minimum absolute atomic E-state index is 0.172. The third-order valence-corrected chi connectivity index (χ3v) is 4.98. The van der Waals surface area contributed by atoms with Crippen molar-refractivity contribution in [3.05, 3.63) is 59.7 Å². The van der Waals surface area contributed by atoms with Gasteiger partial charge < -0.3 is 15.0 Å². The summed E-state index contributed by atoms with van der Waals surface area (Å²) in [5.74, 6) is -0.629. The van der Waals surface area contributed by atoms with E-state index in [2.05, 4.69) is 15.1 Å². The van der Waals surface area contributed by atoms with Crippen molar-refractivity contribution in [1.29, 1.82) is 0 Å². The fraction of sp³-hybridized carbons (Fsp3) is 0.381. The van der Waals surface area contributed by atoms with Crippen molar-refractivity contribution in [3.63, 3.8) is 0 Å². The van der Waals surface area contributed by atoms with Gasteiger partial charge >= 0.3 is 0 Å². The number of piperazine rings is 1. The minimum Gasteiger partial charge on any atom is -0.497 e. The molecular formula is C21H25F2N3O2. The quantitative estimate of drug-likeness (QED) is 0.825. The average Bonchev–Trinajstić information content (AvgIpc) is 2.68. The van der Waals surface area contributed by atoms with E-state index in [0.29, 0.717) is 0 Å². The third-order valence-electron chi connectivity index (χ3n) is 4.98. The second-order valence-corrected chi connectivity index (χ2v) is 6.92. The highest BCUT2D eigenvalue weighted by Gasteiger charge is 2.21. The highest BCUT2D eigenvalue weighted by molar-refractivity contribution is 5.78. The molecule has 7 heteroatoms. The molecule has 0 saturated carbocycles. The van der Waals surface area contributed by atoms with E-state index in [9.17, 15) is 13.6 Å². The summed E-state index contributed by atoms with van der Waals surface area (Å²) in [6.07, 6.45) is 0. The van der Waals surface area contributed by atoms with Crippen LogP contribution in [0.4, 0.5) is 14.5 Å². The van der Waals surface area contributed by atoms with Gasteiger partial charge in [-0.1, -0.05) is 6.07 Å². The fourth-order valence-electron chi connectivity index (χ4n) is 3.38. The van der Waals surface area contributed by atoms with E-state index in [0.717, 1.165) is 43.7 Å². The number of carbonyl (C=O) groups is 1. The molecule has 1 amide bonds. The molecule has 5 nitrogen and oxygen atoms in total. The first-order valence-electron chi connectivity index (χ1n) is 9.32. The van der Waals surface area contributed by atoms with E-state index < -0.39 is 17.7 Å². The molecular weight excluding hydrogens is 364 g/mol. The number of rotatable bonds is 6. The van der Waals surface area contributed by atoms with E-state index in [1.54, 1.807) is 14.0 Å². The number of anilines is 1. The summed E-state index contributed by atoms with van der Waals surface area (Å²) in [6, 6.07) is 10.8. The topological polar surface area (TPSA) is 44.8 Å². The Morgan fingerprint density at radius 3 is 2.39 bits per heavy atom. The fourth-order valence-corrected chi connectivity index (χ4v) is 3.38. The summed E-state index contributed by atoms with van der Waals surface area (Å²) < 4.78 is 32.1. The lowest BCUT2D eigenvalue weighted by molar-refractivity contribution is -0.123. The first kappa shape index (κ1) is 20.1. The zero-order chi connectivity index (χ0) is 20.1. The van der Waals surface area contributed by atoms with Gasteiger partial charge in [-0.15, -0.1) is 0 Å². The lowest BCUT2D eigenvalue weighted by Gasteiger charge is -2.36. The summed E-state index contributed by atoms with van der Waals surface area (Å²) in [4.78, 5) is 16.7. The van der Waals surface area contributed by atoms with Crippen molar-refractivity contribution in [2.75, 3.05) is 44.7 Å². The number of nitrogens with one attached hydrogen (secondary N) is 1. The molecule has 0 aliphatic carbocycles. The Balaban J connectivity index is 1.47. The molecule has 28 heavy (non-hydrogen) atoms. The van der Waals surface area contributed by atoms with Crippen LogP contribution in [-0.4, -0.2) is 50.6 Å². The van der Waals surface area contributed by atoms with Gasteiger partial charge in [0.15, 0.2) is 0 Å². The molecule has 2 aromatic rings. The minimum atomic E-state index is -0.652. The Morgan fingerprint density at radius 1 is 1.11 bits per heavy atom. The van der Waals surface area contributed by atoms with Crippen molar-refractivity contribution in [1.82, 2.24) is 10.2 Å². The van der Waals surface area contributed by atoms with Gasteiger partial charge in [0, 0.05) is 43.5 Å². The number of ether oxygens (including phenoxy) is 1. The molecule has 1 atom stereocenters. The molecule has 0 aromatic heterocycles. The Labute approximate surface area is 163 Å². The number of hydrogen-bond donors (Lipinski definition) is 1. The Morgan fingerprint density at radius 2 is 1.79 bits per heavy atom. The van der Waals surface area contributed by atoms with Gasteiger partial charge in [-0.2, -0.15) is 0 Å². The van der Waals surface area contributed by atoms with Crippen LogP contribution in [0.1, 0.15) is 18.5 Å². The second-order valence-electron chi connectivity index (χ2n) is 6.92.